The number of carbonyl (C=O) groups excluding carboxylic acids is 1. The number of nitrogens with one attached hydrogen (secondary N) is 3. The topological polar surface area (TPSA) is 78.0 Å². The average Bonchev–Trinajstić information content (AvgIpc) is 2.71. The fourth-order valence-corrected chi connectivity index (χ4v) is 3.05. The lowest BCUT2D eigenvalue weighted by Gasteiger charge is -2.26. The van der Waals surface area contributed by atoms with Gasteiger partial charge in [-0.1, -0.05) is 23.2 Å². The Hall–Kier alpha value is -0.810. The number of benzene rings is 1. The summed E-state index contributed by atoms with van der Waals surface area (Å²) in [4.78, 5) is 19.1. The van der Waals surface area contributed by atoms with Crippen molar-refractivity contribution >= 4 is 59.0 Å². The minimum Gasteiger partial charge on any atom is -0.379 e. The molecule has 164 valence electrons. The number of morpholine rings is 1. The van der Waals surface area contributed by atoms with E-state index < -0.39 is 0 Å². The maximum atomic E-state index is 12.1. The number of guanidine groups is 1. The molecule has 1 aliphatic rings. The summed E-state index contributed by atoms with van der Waals surface area (Å²) < 4.78 is 5.36. The van der Waals surface area contributed by atoms with Crippen molar-refractivity contribution < 1.29 is 9.53 Å². The number of carbonyl (C=O) groups is 1. The van der Waals surface area contributed by atoms with E-state index in [0.29, 0.717) is 28.7 Å². The van der Waals surface area contributed by atoms with Gasteiger partial charge in [-0.15, -0.1) is 24.0 Å². The van der Waals surface area contributed by atoms with Crippen molar-refractivity contribution in [3.63, 3.8) is 0 Å². The van der Waals surface area contributed by atoms with Crippen LogP contribution >= 0.6 is 47.2 Å². The maximum absolute atomic E-state index is 12.1. The molecule has 0 spiro atoms. The van der Waals surface area contributed by atoms with Gasteiger partial charge in [0.2, 0.25) is 0 Å². The third kappa shape index (κ3) is 10.2. The quantitative estimate of drug-likeness (QED) is 0.188. The van der Waals surface area contributed by atoms with Crippen LogP contribution in [-0.2, 0) is 4.74 Å². The Kier molecular flexibility index (Phi) is 13.6. The molecule has 0 bridgehead atoms. The Bertz CT molecular complexity index is 657. The molecule has 1 amide bonds. The zero-order valence-electron chi connectivity index (χ0n) is 16.7. The summed E-state index contributed by atoms with van der Waals surface area (Å²) >= 11 is 11.8. The summed E-state index contributed by atoms with van der Waals surface area (Å²) in [5.74, 6) is 0.570. The highest BCUT2D eigenvalue weighted by Gasteiger charge is 2.09. The van der Waals surface area contributed by atoms with E-state index in [-0.39, 0.29) is 29.9 Å². The average molecular weight is 558 g/mol. The molecule has 3 N–H and O–H groups in total. The molecule has 1 aromatic rings. The number of hydrogen-bond donors (Lipinski definition) is 3. The van der Waals surface area contributed by atoms with Crippen LogP contribution < -0.4 is 16.0 Å². The number of halogens is 3. The van der Waals surface area contributed by atoms with E-state index in [1.54, 1.807) is 18.2 Å². The SMILES string of the molecule is CCNC(=NCCCN1CCOCC1)NCCNC(=O)c1ccc(Cl)c(Cl)c1.I. The number of aliphatic imine (C=N–C) groups is 1. The van der Waals surface area contributed by atoms with Gasteiger partial charge in [-0.05, 0) is 31.5 Å². The second-order valence-electron chi connectivity index (χ2n) is 6.38. The largest absolute Gasteiger partial charge is 0.379 e. The summed E-state index contributed by atoms with van der Waals surface area (Å²) in [6.07, 6.45) is 1.00. The van der Waals surface area contributed by atoms with Crippen LogP contribution in [0.3, 0.4) is 0 Å². The molecule has 0 radical (unpaired) electrons. The predicted octanol–water partition coefficient (Wildman–Crippen LogP) is 2.62. The molecule has 0 aromatic heterocycles. The van der Waals surface area contributed by atoms with Crippen LogP contribution in [0, 0.1) is 0 Å². The molecule has 29 heavy (non-hydrogen) atoms. The zero-order chi connectivity index (χ0) is 20.2. The number of ether oxygens (including phenoxy) is 1. The monoisotopic (exact) mass is 557 g/mol. The first kappa shape index (κ1) is 26.2. The lowest BCUT2D eigenvalue weighted by molar-refractivity contribution is 0.0377. The Morgan fingerprint density at radius 1 is 1.14 bits per heavy atom. The molecule has 1 aliphatic heterocycles. The first-order valence-electron chi connectivity index (χ1n) is 9.65. The van der Waals surface area contributed by atoms with Gasteiger partial charge in [-0.3, -0.25) is 14.7 Å². The second-order valence-corrected chi connectivity index (χ2v) is 7.19. The first-order valence-corrected chi connectivity index (χ1v) is 10.4. The van der Waals surface area contributed by atoms with Crippen molar-refractivity contribution in [2.24, 2.45) is 4.99 Å². The summed E-state index contributed by atoms with van der Waals surface area (Å²) in [6.45, 7) is 9.28. The zero-order valence-corrected chi connectivity index (χ0v) is 20.5. The molecule has 0 aliphatic carbocycles. The third-order valence-corrected chi connectivity index (χ3v) is 4.97. The minimum atomic E-state index is -0.187. The van der Waals surface area contributed by atoms with E-state index in [9.17, 15) is 4.79 Å². The third-order valence-electron chi connectivity index (χ3n) is 4.24. The molecule has 1 heterocycles. The van der Waals surface area contributed by atoms with Gasteiger partial charge in [-0.2, -0.15) is 0 Å². The normalized spacial score (nSPS) is 14.8. The second kappa shape index (κ2) is 15.1. The van der Waals surface area contributed by atoms with E-state index >= 15 is 0 Å². The molecule has 1 aromatic carbocycles. The highest BCUT2D eigenvalue weighted by atomic mass is 127. The van der Waals surface area contributed by atoms with Gasteiger partial charge in [0, 0.05) is 51.4 Å². The molecule has 1 saturated heterocycles. The van der Waals surface area contributed by atoms with Gasteiger partial charge >= 0.3 is 0 Å². The molecule has 0 unspecified atom stereocenters. The van der Waals surface area contributed by atoms with Crippen molar-refractivity contribution in [2.45, 2.75) is 13.3 Å². The number of amides is 1. The summed E-state index contributed by atoms with van der Waals surface area (Å²) in [5.41, 5.74) is 0.484. The van der Waals surface area contributed by atoms with E-state index in [0.717, 1.165) is 58.3 Å². The molecule has 2 rings (SSSR count). The molecule has 10 heteroatoms. The molecule has 0 atom stereocenters. The van der Waals surface area contributed by atoms with Gasteiger partial charge in [0.25, 0.3) is 5.91 Å². The molecular weight excluding hydrogens is 528 g/mol. The smallest absolute Gasteiger partial charge is 0.251 e. The van der Waals surface area contributed by atoms with Crippen LogP contribution in [-0.4, -0.2) is 75.8 Å². The summed E-state index contributed by atoms with van der Waals surface area (Å²) in [7, 11) is 0. The predicted molar refractivity (Wildman–Crippen MR) is 130 cm³/mol. The van der Waals surface area contributed by atoms with E-state index in [4.69, 9.17) is 27.9 Å². The Balaban J connectivity index is 0.00000420. The van der Waals surface area contributed by atoms with Gasteiger partial charge < -0.3 is 20.7 Å². The van der Waals surface area contributed by atoms with Crippen molar-refractivity contribution in [2.75, 3.05) is 59.0 Å². The standard InChI is InChI=1S/C19H29Cl2N5O2.HI/c1-2-22-19(24-6-3-9-26-10-12-28-13-11-26)25-8-7-23-18(27)15-4-5-16(20)17(21)14-15;/h4-5,14H,2-3,6-13H2,1H3,(H,23,27)(H2,22,24,25);1H. The number of rotatable bonds is 9. The van der Waals surface area contributed by atoms with Crippen molar-refractivity contribution in [1.82, 2.24) is 20.9 Å². The summed E-state index contributed by atoms with van der Waals surface area (Å²) in [5, 5.41) is 10.1. The van der Waals surface area contributed by atoms with Crippen LogP contribution in [0.5, 0.6) is 0 Å². The highest BCUT2D eigenvalue weighted by Crippen LogP contribution is 2.22. The molecule has 1 fully saturated rings. The lowest BCUT2D eigenvalue weighted by Crippen LogP contribution is -2.41. The van der Waals surface area contributed by atoms with Crippen LogP contribution in [0.1, 0.15) is 23.7 Å². The van der Waals surface area contributed by atoms with E-state index in [1.165, 1.54) is 0 Å². The van der Waals surface area contributed by atoms with Gasteiger partial charge in [0.05, 0.1) is 23.3 Å². The van der Waals surface area contributed by atoms with Crippen LogP contribution in [0.25, 0.3) is 0 Å². The Morgan fingerprint density at radius 3 is 2.55 bits per heavy atom. The first-order chi connectivity index (χ1) is 13.6. The minimum absolute atomic E-state index is 0. The van der Waals surface area contributed by atoms with Gasteiger partial charge in [-0.25, -0.2) is 0 Å². The molecule has 0 saturated carbocycles. The van der Waals surface area contributed by atoms with Crippen molar-refractivity contribution in [3.05, 3.63) is 33.8 Å². The number of hydrogen-bond acceptors (Lipinski definition) is 4. The van der Waals surface area contributed by atoms with Gasteiger partial charge in [0.15, 0.2) is 5.96 Å². The van der Waals surface area contributed by atoms with Crippen LogP contribution in [0.4, 0.5) is 0 Å². The fraction of sp³-hybridized carbons (Fsp3) is 0.579. The number of nitrogens with zero attached hydrogens (tertiary/aromatic N) is 2. The lowest BCUT2D eigenvalue weighted by atomic mass is 10.2. The van der Waals surface area contributed by atoms with Crippen LogP contribution in [0.15, 0.2) is 23.2 Å². The van der Waals surface area contributed by atoms with Crippen molar-refractivity contribution in [3.8, 4) is 0 Å². The fourth-order valence-electron chi connectivity index (χ4n) is 2.75. The van der Waals surface area contributed by atoms with E-state index in [1.807, 2.05) is 6.92 Å². The van der Waals surface area contributed by atoms with Gasteiger partial charge in [0.1, 0.15) is 0 Å². The van der Waals surface area contributed by atoms with E-state index in [2.05, 4.69) is 25.8 Å². The highest BCUT2D eigenvalue weighted by molar-refractivity contribution is 14.0. The van der Waals surface area contributed by atoms with Crippen LogP contribution in [0.2, 0.25) is 10.0 Å². The maximum Gasteiger partial charge on any atom is 0.251 e. The van der Waals surface area contributed by atoms with Crippen molar-refractivity contribution in [1.29, 1.82) is 0 Å². The molecular formula is C19H30Cl2IN5O2. The summed E-state index contributed by atoms with van der Waals surface area (Å²) in [6, 6.07) is 4.83. The Labute approximate surface area is 199 Å². The Morgan fingerprint density at radius 2 is 1.86 bits per heavy atom. The molecule has 7 nitrogen and oxygen atoms in total.